The fraction of sp³-hybridized carbons (Fsp3) is 0.300. The van der Waals surface area contributed by atoms with E-state index in [2.05, 4.69) is 10.6 Å². The lowest BCUT2D eigenvalue weighted by Gasteiger charge is -2.10. The molecule has 0 aromatic heterocycles. The average molecular weight is 338 g/mol. The van der Waals surface area contributed by atoms with Crippen molar-refractivity contribution in [1.29, 1.82) is 0 Å². The number of methoxy groups -OCH3 is 1. The molecule has 1 aliphatic rings. The van der Waals surface area contributed by atoms with Crippen LogP contribution in [0.25, 0.3) is 0 Å². The second-order valence-electron chi connectivity index (χ2n) is 6.13. The number of carbonyl (C=O) groups is 2. The molecule has 0 bridgehead atoms. The van der Waals surface area contributed by atoms with Gasteiger partial charge in [-0.3, -0.25) is 9.59 Å². The van der Waals surface area contributed by atoms with Gasteiger partial charge in [0.2, 0.25) is 5.91 Å². The van der Waals surface area contributed by atoms with Crippen LogP contribution in [-0.2, 0) is 17.6 Å². The average Bonchev–Trinajstić information content (AvgIpc) is 2.82. The van der Waals surface area contributed by atoms with Gasteiger partial charge in [-0.05, 0) is 60.7 Å². The van der Waals surface area contributed by atoms with Crippen molar-refractivity contribution < 1.29 is 14.3 Å². The molecule has 1 aliphatic heterocycles. The Labute approximate surface area is 147 Å². The first-order valence-corrected chi connectivity index (χ1v) is 8.49. The molecule has 0 saturated heterocycles. The van der Waals surface area contributed by atoms with Gasteiger partial charge in [-0.25, -0.2) is 0 Å². The summed E-state index contributed by atoms with van der Waals surface area (Å²) in [5.41, 5.74) is 3.61. The van der Waals surface area contributed by atoms with Crippen LogP contribution in [0.2, 0.25) is 0 Å². The molecule has 0 spiro atoms. The van der Waals surface area contributed by atoms with Crippen LogP contribution in [0.3, 0.4) is 0 Å². The molecule has 5 heteroatoms. The van der Waals surface area contributed by atoms with E-state index in [4.69, 9.17) is 4.74 Å². The topological polar surface area (TPSA) is 67.4 Å². The smallest absolute Gasteiger partial charge is 0.251 e. The zero-order chi connectivity index (χ0) is 17.6. The molecule has 2 N–H and O–H groups in total. The van der Waals surface area contributed by atoms with Crippen LogP contribution in [0, 0.1) is 0 Å². The maximum absolute atomic E-state index is 12.4. The van der Waals surface area contributed by atoms with Gasteiger partial charge in [0.1, 0.15) is 5.75 Å². The summed E-state index contributed by atoms with van der Waals surface area (Å²) < 4.78 is 5.13. The Morgan fingerprint density at radius 1 is 1.16 bits per heavy atom. The van der Waals surface area contributed by atoms with Gasteiger partial charge in [0.25, 0.3) is 5.91 Å². The fourth-order valence-electron chi connectivity index (χ4n) is 2.93. The van der Waals surface area contributed by atoms with Crippen molar-refractivity contribution in [2.24, 2.45) is 0 Å². The molecule has 2 aromatic carbocycles. The van der Waals surface area contributed by atoms with Crippen LogP contribution < -0.4 is 15.4 Å². The molecule has 0 atom stereocenters. The third-order valence-electron chi connectivity index (χ3n) is 4.35. The standard InChI is InChI=1S/C20H22N2O3/c1-25-17-8-5-14(6-9-17)11-12-21-20(24)16-7-10-18-15(13-16)3-2-4-19(23)22-18/h5-10,13H,2-4,11-12H2,1H3,(H,21,24)(H,22,23). The van der Waals surface area contributed by atoms with Gasteiger partial charge < -0.3 is 15.4 Å². The van der Waals surface area contributed by atoms with E-state index >= 15 is 0 Å². The molecule has 0 aliphatic carbocycles. The summed E-state index contributed by atoms with van der Waals surface area (Å²) in [5.74, 6) is 0.771. The lowest BCUT2D eigenvalue weighted by atomic mass is 10.0. The second kappa shape index (κ2) is 7.83. The van der Waals surface area contributed by atoms with Gasteiger partial charge in [0.15, 0.2) is 0 Å². The number of anilines is 1. The zero-order valence-corrected chi connectivity index (χ0v) is 14.3. The third-order valence-corrected chi connectivity index (χ3v) is 4.35. The minimum atomic E-state index is -0.0908. The molecule has 0 radical (unpaired) electrons. The van der Waals surface area contributed by atoms with E-state index in [-0.39, 0.29) is 11.8 Å². The molecule has 2 amide bonds. The largest absolute Gasteiger partial charge is 0.497 e. The van der Waals surface area contributed by atoms with Gasteiger partial charge in [-0.1, -0.05) is 12.1 Å². The number of ether oxygens (including phenoxy) is 1. The quantitative estimate of drug-likeness (QED) is 0.881. The van der Waals surface area contributed by atoms with E-state index in [1.807, 2.05) is 36.4 Å². The molecule has 5 nitrogen and oxygen atoms in total. The summed E-state index contributed by atoms with van der Waals surface area (Å²) in [6, 6.07) is 13.3. The highest BCUT2D eigenvalue weighted by molar-refractivity contribution is 5.97. The third kappa shape index (κ3) is 4.38. The summed E-state index contributed by atoms with van der Waals surface area (Å²) in [7, 11) is 1.64. The summed E-state index contributed by atoms with van der Waals surface area (Å²) in [5, 5.41) is 5.83. The molecule has 0 unspecified atom stereocenters. The number of hydrogen-bond acceptors (Lipinski definition) is 3. The highest BCUT2D eigenvalue weighted by Crippen LogP contribution is 2.23. The van der Waals surface area contributed by atoms with Crippen molar-refractivity contribution >= 4 is 17.5 Å². The molecular weight excluding hydrogens is 316 g/mol. The van der Waals surface area contributed by atoms with E-state index in [0.717, 1.165) is 41.8 Å². The molecule has 0 saturated carbocycles. The van der Waals surface area contributed by atoms with E-state index in [0.29, 0.717) is 18.5 Å². The minimum absolute atomic E-state index is 0.0374. The van der Waals surface area contributed by atoms with Crippen molar-refractivity contribution in [2.45, 2.75) is 25.7 Å². The summed E-state index contributed by atoms with van der Waals surface area (Å²) in [6.45, 7) is 0.568. The number of benzene rings is 2. The van der Waals surface area contributed by atoms with Crippen LogP contribution in [0.4, 0.5) is 5.69 Å². The number of nitrogens with one attached hydrogen (secondary N) is 2. The zero-order valence-electron chi connectivity index (χ0n) is 14.3. The number of fused-ring (bicyclic) bond motifs is 1. The molecule has 1 heterocycles. The van der Waals surface area contributed by atoms with Crippen LogP contribution in [-0.4, -0.2) is 25.5 Å². The van der Waals surface area contributed by atoms with Gasteiger partial charge in [-0.15, -0.1) is 0 Å². The Kier molecular flexibility index (Phi) is 5.33. The highest BCUT2D eigenvalue weighted by Gasteiger charge is 2.15. The SMILES string of the molecule is COc1ccc(CCNC(=O)c2ccc3c(c2)CCCC(=O)N3)cc1. The fourth-order valence-corrected chi connectivity index (χ4v) is 2.93. The van der Waals surface area contributed by atoms with E-state index in [1.165, 1.54) is 0 Å². The number of hydrogen-bond donors (Lipinski definition) is 2. The highest BCUT2D eigenvalue weighted by atomic mass is 16.5. The first-order chi connectivity index (χ1) is 12.2. The first-order valence-electron chi connectivity index (χ1n) is 8.49. The molecule has 0 fully saturated rings. The maximum Gasteiger partial charge on any atom is 0.251 e. The Balaban J connectivity index is 1.57. The summed E-state index contributed by atoms with van der Waals surface area (Å²) >= 11 is 0. The van der Waals surface area contributed by atoms with Crippen LogP contribution in [0.5, 0.6) is 5.75 Å². The lowest BCUT2D eigenvalue weighted by Crippen LogP contribution is -2.25. The van der Waals surface area contributed by atoms with Crippen LogP contribution >= 0.6 is 0 Å². The van der Waals surface area contributed by atoms with Gasteiger partial charge in [0, 0.05) is 24.2 Å². The Morgan fingerprint density at radius 3 is 2.72 bits per heavy atom. The van der Waals surface area contributed by atoms with Gasteiger partial charge in [0.05, 0.1) is 7.11 Å². The van der Waals surface area contributed by atoms with Crippen LogP contribution in [0.15, 0.2) is 42.5 Å². The second-order valence-corrected chi connectivity index (χ2v) is 6.13. The van der Waals surface area contributed by atoms with Crippen LogP contribution in [0.1, 0.15) is 34.3 Å². The van der Waals surface area contributed by atoms with E-state index < -0.39 is 0 Å². The Morgan fingerprint density at radius 2 is 1.96 bits per heavy atom. The number of amides is 2. The van der Waals surface area contributed by atoms with E-state index in [9.17, 15) is 9.59 Å². The normalized spacial score (nSPS) is 13.4. The van der Waals surface area contributed by atoms with Crippen molar-refractivity contribution in [2.75, 3.05) is 19.0 Å². The minimum Gasteiger partial charge on any atom is -0.497 e. The summed E-state index contributed by atoms with van der Waals surface area (Å²) in [6.07, 6.45) is 2.90. The predicted molar refractivity (Wildman–Crippen MR) is 97.0 cm³/mol. The number of rotatable bonds is 5. The first kappa shape index (κ1) is 17.0. The van der Waals surface area contributed by atoms with Crippen molar-refractivity contribution in [1.82, 2.24) is 5.32 Å². The Bertz CT molecular complexity index is 769. The maximum atomic E-state index is 12.4. The molecule has 25 heavy (non-hydrogen) atoms. The molecular formula is C20H22N2O3. The number of carbonyl (C=O) groups excluding carboxylic acids is 2. The predicted octanol–water partition coefficient (Wildman–Crippen LogP) is 2.94. The molecule has 3 rings (SSSR count). The van der Waals surface area contributed by atoms with E-state index in [1.54, 1.807) is 13.2 Å². The molecule has 2 aromatic rings. The van der Waals surface area contributed by atoms with Crippen molar-refractivity contribution in [3.63, 3.8) is 0 Å². The van der Waals surface area contributed by atoms with Gasteiger partial charge in [-0.2, -0.15) is 0 Å². The van der Waals surface area contributed by atoms with Crippen molar-refractivity contribution in [3.05, 3.63) is 59.2 Å². The number of aryl methyl sites for hydroxylation is 1. The molecule has 130 valence electrons. The van der Waals surface area contributed by atoms with Gasteiger partial charge >= 0.3 is 0 Å². The lowest BCUT2D eigenvalue weighted by molar-refractivity contribution is -0.116. The summed E-state index contributed by atoms with van der Waals surface area (Å²) in [4.78, 5) is 23.9. The van der Waals surface area contributed by atoms with Crippen molar-refractivity contribution in [3.8, 4) is 5.75 Å². The Hall–Kier alpha value is -2.82. The monoisotopic (exact) mass is 338 g/mol.